The van der Waals surface area contributed by atoms with Gasteiger partial charge in [0.15, 0.2) is 0 Å². The van der Waals surface area contributed by atoms with Crippen LogP contribution in [-0.2, 0) is 5.41 Å². The van der Waals surface area contributed by atoms with Crippen LogP contribution in [0.25, 0.3) is 5.57 Å². The number of hydrogen-bond donors (Lipinski definition) is 1. The van der Waals surface area contributed by atoms with Crippen LogP contribution in [0.1, 0.15) is 45.7 Å². The Morgan fingerprint density at radius 2 is 1.70 bits per heavy atom. The molecule has 27 heavy (non-hydrogen) atoms. The standard InChI is InChI=1S/C13H17N.C12H17N/c1-5-11(4)12-8-6-7-9-13(12)14-10(2)3;1-9-12(2,3)10-7-5-6-8-11(10)13(9)4/h5-10,14H,1,4H2,2-3H3;5-9H,1-4H3. The van der Waals surface area contributed by atoms with Gasteiger partial charge in [0, 0.05) is 41.5 Å². The third-order valence-electron chi connectivity index (χ3n) is 5.57. The second kappa shape index (κ2) is 8.47. The van der Waals surface area contributed by atoms with Gasteiger partial charge in [-0.15, -0.1) is 0 Å². The van der Waals surface area contributed by atoms with E-state index >= 15 is 0 Å². The van der Waals surface area contributed by atoms with E-state index in [2.05, 4.69) is 101 Å². The molecular formula is C25H34N2. The number of benzene rings is 2. The average molecular weight is 363 g/mol. The van der Waals surface area contributed by atoms with Gasteiger partial charge in [-0.1, -0.05) is 69.5 Å². The molecule has 0 fully saturated rings. The lowest BCUT2D eigenvalue weighted by atomic mass is 9.81. The van der Waals surface area contributed by atoms with Crippen molar-refractivity contribution in [3.05, 3.63) is 78.9 Å². The minimum absolute atomic E-state index is 0.283. The predicted molar refractivity (Wildman–Crippen MR) is 122 cm³/mol. The number of nitrogens with one attached hydrogen (secondary N) is 1. The molecule has 0 aliphatic carbocycles. The molecule has 0 bridgehead atoms. The average Bonchev–Trinajstić information content (AvgIpc) is 2.83. The lowest BCUT2D eigenvalue weighted by molar-refractivity contribution is 0.454. The van der Waals surface area contributed by atoms with Gasteiger partial charge in [-0.2, -0.15) is 0 Å². The molecule has 0 aromatic heterocycles. The van der Waals surface area contributed by atoms with Crippen molar-refractivity contribution in [1.29, 1.82) is 0 Å². The number of fused-ring (bicyclic) bond motifs is 1. The topological polar surface area (TPSA) is 15.3 Å². The Labute approximate surface area is 165 Å². The maximum atomic E-state index is 3.95. The predicted octanol–water partition coefficient (Wildman–Crippen LogP) is 6.51. The molecule has 2 nitrogen and oxygen atoms in total. The van der Waals surface area contributed by atoms with E-state index in [9.17, 15) is 0 Å². The monoisotopic (exact) mass is 362 g/mol. The summed E-state index contributed by atoms with van der Waals surface area (Å²) < 4.78 is 0. The molecule has 144 valence electrons. The van der Waals surface area contributed by atoms with Gasteiger partial charge in [-0.3, -0.25) is 0 Å². The fraction of sp³-hybridized carbons (Fsp3) is 0.360. The highest BCUT2D eigenvalue weighted by Gasteiger charge is 2.39. The molecule has 2 aromatic rings. The van der Waals surface area contributed by atoms with Crippen molar-refractivity contribution < 1.29 is 0 Å². The lowest BCUT2D eigenvalue weighted by Crippen LogP contribution is -2.36. The Kier molecular flexibility index (Phi) is 6.54. The Balaban J connectivity index is 0.000000194. The maximum absolute atomic E-state index is 3.95. The highest BCUT2D eigenvalue weighted by Crippen LogP contribution is 2.43. The highest BCUT2D eigenvalue weighted by atomic mass is 15.2. The van der Waals surface area contributed by atoms with E-state index < -0.39 is 0 Å². The molecule has 1 atom stereocenters. The first kappa shape index (κ1) is 20.8. The van der Waals surface area contributed by atoms with Crippen LogP contribution in [0.5, 0.6) is 0 Å². The van der Waals surface area contributed by atoms with Gasteiger partial charge >= 0.3 is 0 Å². The van der Waals surface area contributed by atoms with Crippen LogP contribution in [-0.4, -0.2) is 19.1 Å². The molecule has 0 spiro atoms. The van der Waals surface area contributed by atoms with E-state index in [-0.39, 0.29) is 5.41 Å². The Morgan fingerprint density at radius 3 is 2.30 bits per heavy atom. The molecule has 3 rings (SSSR count). The van der Waals surface area contributed by atoms with Gasteiger partial charge in [0.1, 0.15) is 0 Å². The van der Waals surface area contributed by atoms with Gasteiger partial charge in [0.25, 0.3) is 0 Å². The minimum Gasteiger partial charge on any atom is -0.382 e. The fourth-order valence-electron chi connectivity index (χ4n) is 3.55. The number of para-hydroxylation sites is 2. The second-order valence-electron chi connectivity index (χ2n) is 8.10. The number of nitrogens with zero attached hydrogens (tertiary/aromatic N) is 1. The van der Waals surface area contributed by atoms with Gasteiger partial charge in [-0.25, -0.2) is 0 Å². The second-order valence-corrected chi connectivity index (χ2v) is 8.10. The number of allylic oxidation sites excluding steroid dienone is 2. The summed E-state index contributed by atoms with van der Waals surface area (Å²) in [7, 11) is 2.18. The summed E-state index contributed by atoms with van der Waals surface area (Å²) in [5.74, 6) is 0. The van der Waals surface area contributed by atoms with Crippen molar-refractivity contribution in [3.63, 3.8) is 0 Å². The van der Waals surface area contributed by atoms with Crippen molar-refractivity contribution in [1.82, 2.24) is 0 Å². The zero-order chi connectivity index (χ0) is 20.2. The van der Waals surface area contributed by atoms with E-state index in [4.69, 9.17) is 0 Å². The molecule has 0 amide bonds. The Morgan fingerprint density at radius 1 is 1.11 bits per heavy atom. The van der Waals surface area contributed by atoms with Gasteiger partial charge in [0.2, 0.25) is 0 Å². The van der Waals surface area contributed by atoms with Crippen LogP contribution in [0, 0.1) is 0 Å². The molecule has 0 saturated carbocycles. The lowest BCUT2D eigenvalue weighted by Gasteiger charge is -2.28. The van der Waals surface area contributed by atoms with Crippen molar-refractivity contribution >= 4 is 16.9 Å². The van der Waals surface area contributed by atoms with E-state index in [1.54, 1.807) is 6.08 Å². The number of rotatable bonds is 4. The van der Waals surface area contributed by atoms with Crippen molar-refractivity contribution in [3.8, 4) is 0 Å². The van der Waals surface area contributed by atoms with Gasteiger partial charge in [0.05, 0.1) is 0 Å². The van der Waals surface area contributed by atoms with Crippen LogP contribution >= 0.6 is 0 Å². The summed E-state index contributed by atoms with van der Waals surface area (Å²) in [4.78, 5) is 2.37. The summed E-state index contributed by atoms with van der Waals surface area (Å²) in [5, 5.41) is 3.38. The molecule has 1 aliphatic rings. The Hall–Kier alpha value is -2.48. The quantitative estimate of drug-likeness (QED) is 0.624. The van der Waals surface area contributed by atoms with Gasteiger partial charge < -0.3 is 10.2 Å². The largest absolute Gasteiger partial charge is 0.382 e. The number of hydrogen-bond acceptors (Lipinski definition) is 2. The number of anilines is 2. The SMILES string of the molecule is C=CC(=C)c1ccccc1NC(C)C.CC1N(C)c2ccccc2C1(C)C. The summed E-state index contributed by atoms with van der Waals surface area (Å²) in [6.45, 7) is 18.9. The first-order valence-electron chi connectivity index (χ1n) is 9.69. The molecule has 1 aliphatic heterocycles. The van der Waals surface area contributed by atoms with Crippen molar-refractivity contribution in [2.75, 3.05) is 17.3 Å². The van der Waals surface area contributed by atoms with Crippen molar-refractivity contribution in [2.45, 2.75) is 52.1 Å². The summed E-state index contributed by atoms with van der Waals surface area (Å²) in [6, 6.07) is 17.9. The zero-order valence-electron chi connectivity index (χ0n) is 17.7. The molecule has 1 heterocycles. The summed E-state index contributed by atoms with van der Waals surface area (Å²) >= 11 is 0. The third kappa shape index (κ3) is 4.44. The van der Waals surface area contributed by atoms with Crippen LogP contribution in [0.15, 0.2) is 67.8 Å². The van der Waals surface area contributed by atoms with E-state index in [0.29, 0.717) is 12.1 Å². The van der Waals surface area contributed by atoms with Gasteiger partial charge in [-0.05, 0) is 44.0 Å². The molecule has 1 unspecified atom stereocenters. The third-order valence-corrected chi connectivity index (χ3v) is 5.57. The van der Waals surface area contributed by atoms with Crippen LogP contribution in [0.4, 0.5) is 11.4 Å². The minimum atomic E-state index is 0.283. The fourth-order valence-corrected chi connectivity index (χ4v) is 3.55. The normalized spacial score (nSPS) is 17.0. The van der Waals surface area contributed by atoms with Crippen LogP contribution in [0.2, 0.25) is 0 Å². The maximum Gasteiger partial charge on any atom is 0.0421 e. The molecule has 0 saturated heterocycles. The summed E-state index contributed by atoms with van der Waals surface area (Å²) in [5.41, 5.74) is 6.34. The first-order chi connectivity index (χ1) is 12.7. The molecule has 0 radical (unpaired) electrons. The number of likely N-dealkylation sites (N-methyl/N-ethyl adjacent to an activating group) is 1. The highest BCUT2D eigenvalue weighted by molar-refractivity contribution is 5.80. The molecule has 2 heteroatoms. The van der Waals surface area contributed by atoms with E-state index in [1.165, 1.54) is 11.3 Å². The molecule has 2 aromatic carbocycles. The molecular weight excluding hydrogens is 328 g/mol. The summed E-state index contributed by atoms with van der Waals surface area (Å²) in [6.07, 6.45) is 1.78. The van der Waals surface area contributed by atoms with Crippen LogP contribution < -0.4 is 10.2 Å². The smallest absolute Gasteiger partial charge is 0.0421 e. The Bertz CT molecular complexity index is 801. The van der Waals surface area contributed by atoms with E-state index in [1.807, 2.05) is 12.1 Å². The first-order valence-corrected chi connectivity index (χ1v) is 9.69. The zero-order valence-corrected chi connectivity index (χ0v) is 17.7. The molecule has 1 N–H and O–H groups in total. The van der Waals surface area contributed by atoms with Crippen LogP contribution in [0.3, 0.4) is 0 Å². The van der Waals surface area contributed by atoms with E-state index in [0.717, 1.165) is 16.8 Å². The van der Waals surface area contributed by atoms with Crippen molar-refractivity contribution in [2.24, 2.45) is 0 Å².